The molecule has 0 unspecified atom stereocenters. The first-order chi connectivity index (χ1) is 12.9. The quantitative estimate of drug-likeness (QED) is 0.406. The third-order valence-corrected chi connectivity index (χ3v) is 4.16. The Bertz CT molecular complexity index is 900. The van der Waals surface area contributed by atoms with E-state index in [1.807, 2.05) is 12.1 Å². The Morgan fingerprint density at radius 1 is 1.30 bits per heavy atom. The van der Waals surface area contributed by atoms with Crippen molar-refractivity contribution >= 4 is 51.2 Å². The van der Waals surface area contributed by atoms with E-state index in [1.165, 1.54) is 19.3 Å². The van der Waals surface area contributed by atoms with Crippen molar-refractivity contribution in [3.05, 3.63) is 63.1 Å². The average Bonchev–Trinajstić information content (AvgIpc) is 2.65. The van der Waals surface area contributed by atoms with Gasteiger partial charge in [0, 0.05) is 5.69 Å². The molecule has 6 nitrogen and oxygen atoms in total. The van der Waals surface area contributed by atoms with Gasteiger partial charge >= 0.3 is 5.97 Å². The Morgan fingerprint density at radius 2 is 2.00 bits per heavy atom. The van der Waals surface area contributed by atoms with E-state index in [1.54, 1.807) is 30.3 Å². The number of ether oxygens (including phenoxy) is 2. The molecule has 1 amide bonds. The van der Waals surface area contributed by atoms with Crippen molar-refractivity contribution in [2.45, 2.75) is 0 Å². The lowest BCUT2D eigenvalue weighted by molar-refractivity contribution is -0.142. The zero-order valence-corrected chi connectivity index (χ0v) is 16.5. The molecule has 2 rings (SSSR count). The molecule has 0 atom stereocenters. The number of benzene rings is 2. The molecular weight excluding hydrogens is 436 g/mol. The maximum absolute atomic E-state index is 12.3. The number of para-hydroxylation sites is 1. The SMILES string of the molecule is COC(=O)COc1c(Cl)cc(/C=C(/C#N)C(=O)Nc2ccccc2)cc1Br. The van der Waals surface area contributed by atoms with Gasteiger partial charge in [-0.2, -0.15) is 5.26 Å². The highest BCUT2D eigenvalue weighted by Gasteiger charge is 2.14. The summed E-state index contributed by atoms with van der Waals surface area (Å²) in [4.78, 5) is 23.5. The van der Waals surface area contributed by atoms with Crippen LogP contribution in [-0.4, -0.2) is 25.6 Å². The summed E-state index contributed by atoms with van der Waals surface area (Å²) in [6, 6.07) is 13.8. The standard InChI is InChI=1S/C19H14BrClN2O4/c1-26-17(24)11-27-18-15(20)8-12(9-16(18)21)7-13(10-22)19(25)23-14-5-3-2-4-6-14/h2-9H,11H2,1H3,(H,23,25)/b13-7-. The van der Waals surface area contributed by atoms with Gasteiger partial charge in [-0.15, -0.1) is 0 Å². The van der Waals surface area contributed by atoms with Gasteiger partial charge in [-0.25, -0.2) is 4.79 Å². The fraction of sp³-hybridized carbons (Fsp3) is 0.105. The molecule has 0 aliphatic carbocycles. The second kappa shape index (κ2) is 9.76. The molecule has 2 aromatic rings. The molecule has 0 bridgehead atoms. The highest BCUT2D eigenvalue weighted by Crippen LogP contribution is 2.35. The first kappa shape index (κ1) is 20.5. The molecular formula is C19H14BrClN2O4. The molecule has 0 saturated heterocycles. The van der Waals surface area contributed by atoms with Crippen molar-refractivity contribution in [1.82, 2.24) is 0 Å². The molecule has 0 aliphatic heterocycles. The van der Waals surface area contributed by atoms with Crippen LogP contribution in [0, 0.1) is 11.3 Å². The van der Waals surface area contributed by atoms with E-state index in [-0.39, 0.29) is 23.0 Å². The van der Waals surface area contributed by atoms with Gasteiger partial charge in [0.1, 0.15) is 11.6 Å². The van der Waals surface area contributed by atoms with Crippen LogP contribution in [0.3, 0.4) is 0 Å². The summed E-state index contributed by atoms with van der Waals surface area (Å²) in [5.74, 6) is -0.834. The van der Waals surface area contributed by atoms with Crippen LogP contribution in [-0.2, 0) is 14.3 Å². The average molecular weight is 450 g/mol. The summed E-state index contributed by atoms with van der Waals surface area (Å²) in [5, 5.41) is 12.2. The first-order valence-electron chi connectivity index (χ1n) is 7.61. The number of nitrogens with one attached hydrogen (secondary N) is 1. The lowest BCUT2D eigenvalue weighted by atomic mass is 10.1. The first-order valence-corrected chi connectivity index (χ1v) is 8.78. The van der Waals surface area contributed by atoms with E-state index in [0.717, 1.165) is 0 Å². The predicted octanol–water partition coefficient (Wildman–Crippen LogP) is 4.20. The van der Waals surface area contributed by atoms with Crippen LogP contribution >= 0.6 is 27.5 Å². The molecule has 0 aliphatic rings. The third-order valence-electron chi connectivity index (χ3n) is 3.29. The molecule has 138 valence electrons. The minimum Gasteiger partial charge on any atom is -0.479 e. The summed E-state index contributed by atoms with van der Waals surface area (Å²) in [6.45, 7) is -0.299. The molecule has 0 fully saturated rings. The molecule has 0 spiro atoms. The monoisotopic (exact) mass is 448 g/mol. The predicted molar refractivity (Wildman–Crippen MR) is 105 cm³/mol. The highest BCUT2D eigenvalue weighted by atomic mass is 79.9. The van der Waals surface area contributed by atoms with Gasteiger partial charge in [0.05, 0.1) is 16.6 Å². The minimum absolute atomic E-state index is 0.0925. The van der Waals surface area contributed by atoms with Gasteiger partial charge in [-0.05, 0) is 51.8 Å². The summed E-state index contributed by atoms with van der Waals surface area (Å²) < 4.78 is 10.3. The van der Waals surface area contributed by atoms with Crippen molar-refractivity contribution < 1.29 is 19.1 Å². The molecule has 2 aromatic carbocycles. The molecule has 0 heterocycles. The van der Waals surface area contributed by atoms with Crippen molar-refractivity contribution in [2.75, 3.05) is 19.0 Å². The zero-order valence-electron chi connectivity index (χ0n) is 14.2. The number of anilines is 1. The van der Waals surface area contributed by atoms with Gasteiger partial charge < -0.3 is 14.8 Å². The van der Waals surface area contributed by atoms with Crippen molar-refractivity contribution in [2.24, 2.45) is 0 Å². The number of methoxy groups -OCH3 is 1. The van der Waals surface area contributed by atoms with Crippen molar-refractivity contribution in [1.29, 1.82) is 5.26 Å². The van der Waals surface area contributed by atoms with Crippen molar-refractivity contribution in [3.63, 3.8) is 0 Å². The smallest absolute Gasteiger partial charge is 0.343 e. The number of nitrogens with zero attached hydrogens (tertiary/aromatic N) is 1. The fourth-order valence-electron chi connectivity index (χ4n) is 2.03. The maximum Gasteiger partial charge on any atom is 0.343 e. The Balaban J connectivity index is 2.22. The van der Waals surface area contributed by atoms with Crippen LogP contribution in [0.15, 0.2) is 52.5 Å². The number of hydrogen-bond donors (Lipinski definition) is 1. The van der Waals surface area contributed by atoms with E-state index in [2.05, 4.69) is 26.0 Å². The number of nitriles is 1. The van der Waals surface area contributed by atoms with Gasteiger partial charge in [-0.1, -0.05) is 29.8 Å². The number of carbonyl (C=O) groups is 2. The van der Waals surface area contributed by atoms with Gasteiger partial charge in [0.25, 0.3) is 5.91 Å². The van der Waals surface area contributed by atoms with Crippen LogP contribution in [0.4, 0.5) is 5.69 Å². The Hall–Kier alpha value is -2.82. The number of halogens is 2. The summed E-state index contributed by atoms with van der Waals surface area (Å²) in [7, 11) is 1.25. The number of esters is 1. The minimum atomic E-state index is -0.550. The number of amides is 1. The third kappa shape index (κ3) is 5.84. The molecule has 8 heteroatoms. The normalized spacial score (nSPS) is 10.7. The summed E-state index contributed by atoms with van der Waals surface area (Å²) in [6.07, 6.45) is 1.40. The topological polar surface area (TPSA) is 88.4 Å². The molecule has 1 N–H and O–H groups in total. The van der Waals surface area contributed by atoms with Gasteiger partial charge in [-0.3, -0.25) is 4.79 Å². The van der Waals surface area contributed by atoms with E-state index in [4.69, 9.17) is 16.3 Å². The lowest BCUT2D eigenvalue weighted by Gasteiger charge is -2.10. The Labute approximate surface area is 169 Å². The second-order valence-corrected chi connectivity index (χ2v) is 6.43. The van der Waals surface area contributed by atoms with Crippen LogP contribution in [0.1, 0.15) is 5.56 Å². The largest absolute Gasteiger partial charge is 0.479 e. The summed E-state index contributed by atoms with van der Waals surface area (Å²) in [5.41, 5.74) is 0.997. The van der Waals surface area contributed by atoms with Crippen LogP contribution < -0.4 is 10.1 Å². The zero-order chi connectivity index (χ0) is 19.8. The van der Waals surface area contributed by atoms with E-state index >= 15 is 0 Å². The highest BCUT2D eigenvalue weighted by molar-refractivity contribution is 9.10. The maximum atomic E-state index is 12.3. The van der Waals surface area contributed by atoms with E-state index in [0.29, 0.717) is 15.7 Å². The van der Waals surface area contributed by atoms with Gasteiger partial charge in [0.15, 0.2) is 12.4 Å². The van der Waals surface area contributed by atoms with Crippen LogP contribution in [0.25, 0.3) is 6.08 Å². The fourth-order valence-corrected chi connectivity index (χ4v) is 3.01. The Morgan fingerprint density at radius 3 is 2.59 bits per heavy atom. The lowest BCUT2D eigenvalue weighted by Crippen LogP contribution is -2.13. The molecule has 27 heavy (non-hydrogen) atoms. The van der Waals surface area contributed by atoms with Crippen LogP contribution in [0.2, 0.25) is 5.02 Å². The van der Waals surface area contributed by atoms with Crippen molar-refractivity contribution in [3.8, 4) is 11.8 Å². The second-order valence-electron chi connectivity index (χ2n) is 5.17. The summed E-state index contributed by atoms with van der Waals surface area (Å²) >= 11 is 9.48. The molecule has 0 saturated carbocycles. The molecule has 0 aromatic heterocycles. The van der Waals surface area contributed by atoms with E-state index < -0.39 is 11.9 Å². The molecule has 0 radical (unpaired) electrons. The number of hydrogen-bond acceptors (Lipinski definition) is 5. The number of rotatable bonds is 6. The van der Waals surface area contributed by atoms with E-state index in [9.17, 15) is 14.9 Å². The Kier molecular flexibility index (Phi) is 7.41. The van der Waals surface area contributed by atoms with Crippen LogP contribution in [0.5, 0.6) is 5.75 Å². The van der Waals surface area contributed by atoms with Gasteiger partial charge in [0.2, 0.25) is 0 Å². The number of carbonyl (C=O) groups excluding carboxylic acids is 2.